The minimum atomic E-state index is -0.567. The van der Waals surface area contributed by atoms with E-state index in [1.165, 1.54) is 6.07 Å². The SMILES string of the molecule is O=C(Cc1ccccc1O)ONc1c(Cl)cccc1Cl. The highest BCUT2D eigenvalue weighted by Gasteiger charge is 2.11. The van der Waals surface area contributed by atoms with Crippen molar-refractivity contribution in [2.24, 2.45) is 0 Å². The van der Waals surface area contributed by atoms with Gasteiger partial charge in [0.15, 0.2) is 0 Å². The molecule has 0 amide bonds. The fourth-order valence-corrected chi connectivity index (χ4v) is 2.03. The number of aromatic hydroxyl groups is 1. The van der Waals surface area contributed by atoms with Gasteiger partial charge in [0.05, 0.1) is 16.5 Å². The Kier molecular flexibility index (Phi) is 4.71. The molecule has 0 unspecified atom stereocenters. The van der Waals surface area contributed by atoms with Gasteiger partial charge in [-0.25, -0.2) is 10.3 Å². The van der Waals surface area contributed by atoms with E-state index >= 15 is 0 Å². The van der Waals surface area contributed by atoms with E-state index in [-0.39, 0.29) is 12.2 Å². The smallest absolute Gasteiger partial charge is 0.336 e. The maximum atomic E-state index is 11.7. The van der Waals surface area contributed by atoms with E-state index in [9.17, 15) is 9.90 Å². The number of para-hydroxylation sites is 2. The molecule has 0 fully saturated rings. The van der Waals surface area contributed by atoms with Crippen molar-refractivity contribution < 1.29 is 14.7 Å². The van der Waals surface area contributed by atoms with Crippen molar-refractivity contribution in [1.29, 1.82) is 0 Å². The van der Waals surface area contributed by atoms with Crippen LogP contribution in [-0.4, -0.2) is 11.1 Å². The first-order valence-corrected chi connectivity index (χ1v) is 6.50. The Hall–Kier alpha value is -1.91. The standard InChI is InChI=1S/C14H11Cl2NO3/c15-10-5-3-6-11(16)14(10)17-20-13(19)8-9-4-1-2-7-12(9)18/h1-7,17-18H,8H2. The first-order chi connectivity index (χ1) is 9.58. The van der Waals surface area contributed by atoms with Crippen molar-refractivity contribution in [3.05, 3.63) is 58.1 Å². The fourth-order valence-electron chi connectivity index (χ4n) is 1.56. The van der Waals surface area contributed by atoms with E-state index in [1.54, 1.807) is 36.4 Å². The van der Waals surface area contributed by atoms with E-state index in [1.807, 2.05) is 0 Å². The van der Waals surface area contributed by atoms with Gasteiger partial charge >= 0.3 is 5.97 Å². The number of halogens is 2. The molecule has 20 heavy (non-hydrogen) atoms. The van der Waals surface area contributed by atoms with E-state index in [0.717, 1.165) is 0 Å². The molecule has 0 aliphatic rings. The molecule has 2 aromatic carbocycles. The molecule has 0 radical (unpaired) electrons. The zero-order valence-corrected chi connectivity index (χ0v) is 11.8. The summed E-state index contributed by atoms with van der Waals surface area (Å²) in [5.41, 5.74) is 3.22. The second-order valence-electron chi connectivity index (χ2n) is 3.98. The molecule has 6 heteroatoms. The summed E-state index contributed by atoms with van der Waals surface area (Å²) in [7, 11) is 0. The minimum Gasteiger partial charge on any atom is -0.508 e. The van der Waals surface area contributed by atoms with Crippen LogP contribution in [0.3, 0.4) is 0 Å². The molecule has 0 aromatic heterocycles. The summed E-state index contributed by atoms with van der Waals surface area (Å²) in [4.78, 5) is 16.6. The zero-order chi connectivity index (χ0) is 14.5. The fraction of sp³-hybridized carbons (Fsp3) is 0.0714. The molecule has 2 N–H and O–H groups in total. The summed E-state index contributed by atoms with van der Waals surface area (Å²) in [5, 5.41) is 10.2. The van der Waals surface area contributed by atoms with Gasteiger partial charge in [-0.1, -0.05) is 47.5 Å². The number of carbonyl (C=O) groups is 1. The van der Waals surface area contributed by atoms with E-state index in [4.69, 9.17) is 28.0 Å². The Labute approximate surface area is 125 Å². The highest BCUT2D eigenvalue weighted by atomic mass is 35.5. The molecule has 104 valence electrons. The zero-order valence-electron chi connectivity index (χ0n) is 10.3. The minimum absolute atomic E-state index is 0.0419. The largest absolute Gasteiger partial charge is 0.508 e. The molecule has 0 spiro atoms. The third-order valence-corrected chi connectivity index (χ3v) is 3.19. The number of phenolic OH excluding ortho intramolecular Hbond substituents is 1. The maximum Gasteiger partial charge on any atom is 0.336 e. The van der Waals surface area contributed by atoms with Crippen LogP contribution < -0.4 is 5.48 Å². The number of hydrogen-bond donors (Lipinski definition) is 2. The lowest BCUT2D eigenvalue weighted by Gasteiger charge is -2.10. The second-order valence-corrected chi connectivity index (χ2v) is 4.79. The van der Waals surface area contributed by atoms with Crippen LogP contribution in [0.2, 0.25) is 10.0 Å². The molecule has 2 rings (SSSR count). The topological polar surface area (TPSA) is 58.6 Å². The third kappa shape index (κ3) is 3.56. The first-order valence-electron chi connectivity index (χ1n) is 5.74. The highest BCUT2D eigenvalue weighted by Crippen LogP contribution is 2.29. The monoisotopic (exact) mass is 311 g/mol. The van der Waals surface area contributed by atoms with Gasteiger partial charge < -0.3 is 9.94 Å². The summed E-state index contributed by atoms with van der Waals surface area (Å²) in [6.07, 6.45) is -0.0677. The predicted molar refractivity (Wildman–Crippen MR) is 78.0 cm³/mol. The van der Waals surface area contributed by atoms with Crippen LogP contribution in [0, 0.1) is 0 Å². The number of rotatable bonds is 4. The van der Waals surface area contributed by atoms with Crippen molar-refractivity contribution in [2.75, 3.05) is 5.48 Å². The number of anilines is 1. The summed E-state index contributed by atoms with van der Waals surface area (Å²) >= 11 is 11.8. The Bertz CT molecular complexity index is 611. The summed E-state index contributed by atoms with van der Waals surface area (Å²) in [6.45, 7) is 0. The molecule has 4 nitrogen and oxygen atoms in total. The molecule has 0 saturated heterocycles. The van der Waals surface area contributed by atoms with Crippen molar-refractivity contribution >= 4 is 34.9 Å². The maximum absolute atomic E-state index is 11.7. The summed E-state index contributed by atoms with van der Waals surface area (Å²) in [5.74, 6) is -0.525. The normalized spacial score (nSPS) is 10.1. The van der Waals surface area contributed by atoms with Gasteiger partial charge in [0.2, 0.25) is 0 Å². The molecule has 0 aliphatic carbocycles. The van der Waals surface area contributed by atoms with Gasteiger partial charge in [0, 0.05) is 5.56 Å². The molecular weight excluding hydrogens is 301 g/mol. The average molecular weight is 312 g/mol. The van der Waals surface area contributed by atoms with Crippen molar-refractivity contribution in [2.45, 2.75) is 6.42 Å². The predicted octanol–water partition coefficient (Wildman–Crippen LogP) is 3.81. The Morgan fingerprint density at radius 1 is 1.10 bits per heavy atom. The van der Waals surface area contributed by atoms with Gasteiger partial charge in [0.25, 0.3) is 0 Å². The van der Waals surface area contributed by atoms with Crippen LogP contribution in [0.1, 0.15) is 5.56 Å². The van der Waals surface area contributed by atoms with Crippen molar-refractivity contribution in [1.82, 2.24) is 0 Å². The van der Waals surface area contributed by atoms with E-state index < -0.39 is 5.97 Å². The summed E-state index contributed by atoms with van der Waals surface area (Å²) < 4.78 is 0. The van der Waals surface area contributed by atoms with Gasteiger partial charge in [-0.05, 0) is 18.2 Å². The lowest BCUT2D eigenvalue weighted by atomic mass is 10.1. The molecule has 0 bridgehead atoms. The van der Waals surface area contributed by atoms with Crippen LogP contribution in [0.4, 0.5) is 5.69 Å². The van der Waals surface area contributed by atoms with Gasteiger partial charge in [-0.3, -0.25) is 0 Å². The quantitative estimate of drug-likeness (QED) is 0.843. The number of hydrogen-bond acceptors (Lipinski definition) is 4. The first kappa shape index (κ1) is 14.5. The van der Waals surface area contributed by atoms with Crippen LogP contribution in [0.15, 0.2) is 42.5 Å². The van der Waals surface area contributed by atoms with Crippen molar-refractivity contribution in [3.8, 4) is 5.75 Å². The Morgan fingerprint density at radius 2 is 1.75 bits per heavy atom. The Balaban J connectivity index is 1.98. The van der Waals surface area contributed by atoms with Crippen LogP contribution in [-0.2, 0) is 16.1 Å². The average Bonchev–Trinajstić information content (AvgIpc) is 2.41. The van der Waals surface area contributed by atoms with E-state index in [0.29, 0.717) is 21.3 Å². The number of carbonyl (C=O) groups excluding carboxylic acids is 1. The van der Waals surface area contributed by atoms with Crippen LogP contribution in [0.25, 0.3) is 0 Å². The van der Waals surface area contributed by atoms with Gasteiger partial charge in [0.1, 0.15) is 11.4 Å². The van der Waals surface area contributed by atoms with E-state index in [2.05, 4.69) is 5.48 Å². The lowest BCUT2D eigenvalue weighted by Crippen LogP contribution is -2.13. The molecule has 0 aliphatic heterocycles. The number of nitrogens with one attached hydrogen (secondary N) is 1. The molecule has 0 saturated carbocycles. The molecule has 2 aromatic rings. The third-order valence-electron chi connectivity index (χ3n) is 2.56. The second kappa shape index (κ2) is 6.50. The molecular formula is C14H11Cl2NO3. The van der Waals surface area contributed by atoms with Crippen molar-refractivity contribution in [3.63, 3.8) is 0 Å². The number of phenols is 1. The molecule has 0 atom stereocenters. The van der Waals surface area contributed by atoms with Crippen LogP contribution in [0.5, 0.6) is 5.75 Å². The number of benzene rings is 2. The molecule has 0 heterocycles. The van der Waals surface area contributed by atoms with Crippen LogP contribution >= 0.6 is 23.2 Å². The van der Waals surface area contributed by atoms with Gasteiger partial charge in [-0.15, -0.1) is 0 Å². The van der Waals surface area contributed by atoms with Gasteiger partial charge in [-0.2, -0.15) is 0 Å². The Morgan fingerprint density at radius 3 is 2.40 bits per heavy atom. The lowest BCUT2D eigenvalue weighted by molar-refractivity contribution is -0.139. The summed E-state index contributed by atoms with van der Waals surface area (Å²) in [6, 6.07) is 11.4. The highest BCUT2D eigenvalue weighted by molar-refractivity contribution is 6.39.